The summed E-state index contributed by atoms with van der Waals surface area (Å²) in [5.74, 6) is -1.49. The highest BCUT2D eigenvalue weighted by Crippen LogP contribution is 2.09. The quantitative estimate of drug-likeness (QED) is 0.703. The van der Waals surface area contributed by atoms with Gasteiger partial charge in [0.25, 0.3) is 0 Å². The molecule has 0 bridgehead atoms. The van der Waals surface area contributed by atoms with Gasteiger partial charge in [-0.1, -0.05) is 12.8 Å². The van der Waals surface area contributed by atoms with Crippen molar-refractivity contribution in [1.82, 2.24) is 14.5 Å². The third-order valence-electron chi connectivity index (χ3n) is 3.29. The van der Waals surface area contributed by atoms with Crippen molar-refractivity contribution >= 4 is 21.8 Å². The van der Waals surface area contributed by atoms with Crippen molar-refractivity contribution in [2.24, 2.45) is 0 Å². The van der Waals surface area contributed by atoms with Gasteiger partial charge < -0.3 is 10.2 Å². The first-order valence-corrected chi connectivity index (χ1v) is 8.43. The molecule has 0 aromatic carbocycles. The van der Waals surface area contributed by atoms with Gasteiger partial charge >= 0.3 is 11.8 Å². The number of nitrogens with zero attached hydrogens (tertiary/aromatic N) is 2. The first kappa shape index (κ1) is 16.9. The average molecular weight is 305 g/mol. The van der Waals surface area contributed by atoms with Gasteiger partial charge in [-0.15, -0.1) is 0 Å². The van der Waals surface area contributed by atoms with Gasteiger partial charge in [0.05, 0.1) is 5.75 Å². The number of sulfonamides is 1. The third kappa shape index (κ3) is 5.09. The van der Waals surface area contributed by atoms with E-state index in [2.05, 4.69) is 5.32 Å². The van der Waals surface area contributed by atoms with Gasteiger partial charge in [0.2, 0.25) is 10.0 Å². The molecule has 1 aliphatic rings. The van der Waals surface area contributed by atoms with E-state index >= 15 is 0 Å². The van der Waals surface area contributed by atoms with Crippen LogP contribution >= 0.6 is 0 Å². The molecule has 20 heavy (non-hydrogen) atoms. The summed E-state index contributed by atoms with van der Waals surface area (Å²) in [5.41, 5.74) is 0. The Kier molecular flexibility index (Phi) is 6.41. The van der Waals surface area contributed by atoms with E-state index in [4.69, 9.17) is 0 Å². The minimum atomic E-state index is -3.36. The summed E-state index contributed by atoms with van der Waals surface area (Å²) >= 11 is 0. The molecule has 0 aromatic rings. The van der Waals surface area contributed by atoms with Crippen LogP contribution in [-0.4, -0.2) is 68.9 Å². The van der Waals surface area contributed by atoms with Gasteiger partial charge in [-0.05, 0) is 12.8 Å². The standard InChI is InChI=1S/C12H23N3O4S/c1-14(2)20(18,19)10-7-13-11(16)12(17)15-8-5-3-4-6-9-15/h3-10H2,1-2H3,(H,13,16). The normalized spacial score (nSPS) is 16.9. The fourth-order valence-electron chi connectivity index (χ4n) is 1.97. The maximum absolute atomic E-state index is 11.9. The first-order chi connectivity index (χ1) is 9.34. The van der Waals surface area contributed by atoms with E-state index in [0.717, 1.165) is 30.0 Å². The van der Waals surface area contributed by atoms with Crippen molar-refractivity contribution in [2.75, 3.05) is 39.5 Å². The Labute approximate surface area is 120 Å². The Balaban J connectivity index is 2.40. The lowest BCUT2D eigenvalue weighted by Crippen LogP contribution is -2.45. The highest BCUT2D eigenvalue weighted by atomic mass is 32.2. The zero-order valence-corrected chi connectivity index (χ0v) is 12.9. The van der Waals surface area contributed by atoms with Crippen LogP contribution in [0.25, 0.3) is 0 Å². The molecule has 1 fully saturated rings. The Morgan fingerprint density at radius 1 is 1.10 bits per heavy atom. The molecule has 0 unspecified atom stereocenters. The average Bonchev–Trinajstić information content (AvgIpc) is 2.66. The van der Waals surface area contributed by atoms with Crippen LogP contribution in [0.3, 0.4) is 0 Å². The molecule has 1 N–H and O–H groups in total. The molecule has 0 aromatic heterocycles. The molecule has 0 radical (unpaired) electrons. The molecule has 8 heteroatoms. The van der Waals surface area contributed by atoms with Gasteiger partial charge in [-0.25, -0.2) is 12.7 Å². The summed E-state index contributed by atoms with van der Waals surface area (Å²) in [6.45, 7) is 1.14. The third-order valence-corrected chi connectivity index (χ3v) is 5.12. The van der Waals surface area contributed by atoms with Crippen LogP contribution in [0.1, 0.15) is 25.7 Å². The Morgan fingerprint density at radius 3 is 2.15 bits per heavy atom. The van der Waals surface area contributed by atoms with E-state index in [9.17, 15) is 18.0 Å². The van der Waals surface area contributed by atoms with Crippen LogP contribution in [-0.2, 0) is 19.6 Å². The van der Waals surface area contributed by atoms with Crippen LogP contribution in [0.15, 0.2) is 0 Å². The topological polar surface area (TPSA) is 86.8 Å². The van der Waals surface area contributed by atoms with Crippen LogP contribution < -0.4 is 5.32 Å². The highest BCUT2D eigenvalue weighted by Gasteiger charge is 2.23. The van der Waals surface area contributed by atoms with Crippen molar-refractivity contribution in [3.8, 4) is 0 Å². The fourth-order valence-corrected chi connectivity index (χ4v) is 2.69. The monoisotopic (exact) mass is 305 g/mol. The predicted molar refractivity (Wildman–Crippen MR) is 75.5 cm³/mol. The van der Waals surface area contributed by atoms with Crippen LogP contribution in [0.2, 0.25) is 0 Å². The van der Waals surface area contributed by atoms with E-state index in [0.29, 0.717) is 13.1 Å². The Bertz CT molecular complexity index is 440. The molecule has 7 nitrogen and oxygen atoms in total. The number of amides is 2. The Morgan fingerprint density at radius 2 is 1.65 bits per heavy atom. The molecular weight excluding hydrogens is 282 g/mol. The van der Waals surface area contributed by atoms with Gasteiger partial charge in [-0.2, -0.15) is 0 Å². The lowest BCUT2D eigenvalue weighted by molar-refractivity contribution is -0.145. The summed E-state index contributed by atoms with van der Waals surface area (Å²) < 4.78 is 24.1. The van der Waals surface area contributed by atoms with Crippen molar-refractivity contribution in [2.45, 2.75) is 25.7 Å². The van der Waals surface area contributed by atoms with Gasteiger partial charge in [0.15, 0.2) is 0 Å². The minimum absolute atomic E-state index is 0.0566. The Hall–Kier alpha value is -1.15. The zero-order valence-electron chi connectivity index (χ0n) is 12.1. The molecule has 1 heterocycles. The van der Waals surface area contributed by atoms with E-state index in [1.807, 2.05) is 0 Å². The van der Waals surface area contributed by atoms with E-state index in [1.54, 1.807) is 4.90 Å². The molecule has 2 amide bonds. The summed E-state index contributed by atoms with van der Waals surface area (Å²) in [7, 11) is -0.496. The second-order valence-electron chi connectivity index (χ2n) is 5.06. The number of carbonyl (C=O) groups is 2. The lowest BCUT2D eigenvalue weighted by Gasteiger charge is -2.19. The smallest absolute Gasteiger partial charge is 0.311 e. The second-order valence-corrected chi connectivity index (χ2v) is 7.36. The van der Waals surface area contributed by atoms with Crippen LogP contribution in [0.4, 0.5) is 0 Å². The largest absolute Gasteiger partial charge is 0.347 e. The molecule has 0 saturated carbocycles. The molecule has 1 rings (SSSR count). The lowest BCUT2D eigenvalue weighted by atomic mass is 10.2. The number of likely N-dealkylation sites (tertiary alicyclic amines) is 1. The van der Waals surface area contributed by atoms with E-state index < -0.39 is 21.8 Å². The predicted octanol–water partition coefficient (Wildman–Crippen LogP) is -0.603. The SMILES string of the molecule is CN(C)S(=O)(=O)CCNC(=O)C(=O)N1CCCCCC1. The summed E-state index contributed by atoms with van der Waals surface area (Å²) in [5, 5.41) is 2.38. The maximum atomic E-state index is 11.9. The van der Waals surface area contributed by atoms with Crippen molar-refractivity contribution in [1.29, 1.82) is 0 Å². The van der Waals surface area contributed by atoms with Gasteiger partial charge in [0.1, 0.15) is 0 Å². The van der Waals surface area contributed by atoms with Crippen LogP contribution in [0, 0.1) is 0 Å². The first-order valence-electron chi connectivity index (χ1n) is 6.82. The maximum Gasteiger partial charge on any atom is 0.311 e. The molecule has 0 spiro atoms. The summed E-state index contributed by atoms with van der Waals surface area (Å²) in [4.78, 5) is 25.1. The number of hydrogen-bond acceptors (Lipinski definition) is 4. The fraction of sp³-hybridized carbons (Fsp3) is 0.833. The molecular formula is C12H23N3O4S. The molecule has 0 aliphatic carbocycles. The van der Waals surface area contributed by atoms with Crippen molar-refractivity contribution in [3.63, 3.8) is 0 Å². The van der Waals surface area contributed by atoms with Crippen molar-refractivity contribution < 1.29 is 18.0 Å². The molecule has 1 aliphatic heterocycles. The van der Waals surface area contributed by atoms with E-state index in [1.165, 1.54) is 14.1 Å². The van der Waals surface area contributed by atoms with E-state index in [-0.39, 0.29) is 12.3 Å². The summed E-state index contributed by atoms with van der Waals surface area (Å²) in [6.07, 6.45) is 3.97. The molecule has 0 atom stereocenters. The van der Waals surface area contributed by atoms with Gasteiger partial charge in [0, 0.05) is 33.7 Å². The van der Waals surface area contributed by atoms with Crippen molar-refractivity contribution in [3.05, 3.63) is 0 Å². The second kappa shape index (κ2) is 7.58. The number of carbonyl (C=O) groups excluding carboxylic acids is 2. The minimum Gasteiger partial charge on any atom is -0.347 e. The molecule has 1 saturated heterocycles. The molecule has 116 valence electrons. The number of nitrogens with one attached hydrogen (secondary N) is 1. The number of hydrogen-bond donors (Lipinski definition) is 1. The summed E-state index contributed by atoms with van der Waals surface area (Å²) in [6, 6.07) is 0. The highest BCUT2D eigenvalue weighted by molar-refractivity contribution is 7.89. The van der Waals surface area contributed by atoms with Crippen LogP contribution in [0.5, 0.6) is 0 Å². The van der Waals surface area contributed by atoms with Gasteiger partial charge in [-0.3, -0.25) is 9.59 Å². The zero-order chi connectivity index (χ0) is 15.2. The number of rotatable bonds is 4.